The average Bonchev–Trinajstić information content (AvgIpc) is 2.42. The molecule has 0 aliphatic rings. The highest BCUT2D eigenvalue weighted by Crippen LogP contribution is 2.25. The summed E-state index contributed by atoms with van der Waals surface area (Å²) in [7, 11) is 0. The van der Waals surface area contributed by atoms with Crippen molar-refractivity contribution >= 4 is 5.91 Å². The molecule has 0 spiro atoms. The molecule has 4 heteroatoms. The largest absolute Gasteiger partial charge is 0.493 e. The molecule has 0 saturated heterocycles. The van der Waals surface area contributed by atoms with Crippen LogP contribution in [0.25, 0.3) is 0 Å². The Kier molecular flexibility index (Phi) is 7.09. The van der Waals surface area contributed by atoms with Crippen LogP contribution in [0.3, 0.4) is 0 Å². The minimum absolute atomic E-state index is 0.318. The van der Waals surface area contributed by atoms with Gasteiger partial charge in [0.25, 0.3) is 0 Å². The molecule has 1 aromatic rings. The molecule has 1 amide bonds. The van der Waals surface area contributed by atoms with Crippen molar-refractivity contribution in [3.8, 4) is 5.75 Å². The number of benzene rings is 1. The Labute approximate surface area is 121 Å². The van der Waals surface area contributed by atoms with Crippen molar-refractivity contribution in [3.63, 3.8) is 0 Å². The van der Waals surface area contributed by atoms with Gasteiger partial charge in [0.15, 0.2) is 0 Å². The first-order valence-corrected chi connectivity index (χ1v) is 7.30. The molecule has 0 saturated carbocycles. The number of ether oxygens (including phenoxy) is 1. The molecular weight excluding hydrogens is 252 g/mol. The zero-order valence-electron chi connectivity index (χ0n) is 12.7. The zero-order valence-corrected chi connectivity index (χ0v) is 12.7. The smallest absolute Gasteiger partial charge is 0.234 e. The van der Waals surface area contributed by atoms with Crippen LogP contribution in [0.15, 0.2) is 24.3 Å². The van der Waals surface area contributed by atoms with E-state index < -0.39 is 0 Å². The van der Waals surface area contributed by atoms with Crippen LogP contribution in [-0.4, -0.2) is 25.1 Å². The molecule has 1 unspecified atom stereocenters. The van der Waals surface area contributed by atoms with Crippen LogP contribution >= 0.6 is 0 Å². The Morgan fingerprint density at radius 2 is 2.05 bits per heavy atom. The summed E-state index contributed by atoms with van der Waals surface area (Å²) in [5.41, 5.74) is 6.56. The minimum Gasteiger partial charge on any atom is -0.493 e. The van der Waals surface area contributed by atoms with E-state index in [1.807, 2.05) is 18.2 Å². The van der Waals surface area contributed by atoms with E-state index in [4.69, 9.17) is 10.5 Å². The predicted molar refractivity (Wildman–Crippen MR) is 81.9 cm³/mol. The minimum atomic E-state index is -0.320. The van der Waals surface area contributed by atoms with Gasteiger partial charge in [-0.15, -0.1) is 0 Å². The second-order valence-corrected chi connectivity index (χ2v) is 5.24. The Bertz CT molecular complexity index is 419. The molecule has 1 rings (SSSR count). The highest BCUT2D eigenvalue weighted by Gasteiger charge is 2.14. The summed E-state index contributed by atoms with van der Waals surface area (Å²) in [6, 6.07) is 7.69. The molecule has 112 valence electrons. The second-order valence-electron chi connectivity index (χ2n) is 5.24. The number of amides is 1. The lowest BCUT2D eigenvalue weighted by Crippen LogP contribution is -2.42. The summed E-state index contributed by atoms with van der Waals surface area (Å²) in [4.78, 5) is 11.3. The quantitative estimate of drug-likeness (QED) is 0.729. The van der Waals surface area contributed by atoms with Gasteiger partial charge in [-0.2, -0.15) is 0 Å². The van der Waals surface area contributed by atoms with Gasteiger partial charge in [0.2, 0.25) is 5.91 Å². The molecule has 0 heterocycles. The maximum atomic E-state index is 11.3. The van der Waals surface area contributed by atoms with E-state index in [9.17, 15) is 4.79 Å². The van der Waals surface area contributed by atoms with Crippen molar-refractivity contribution in [3.05, 3.63) is 29.8 Å². The first-order valence-electron chi connectivity index (χ1n) is 7.30. The fourth-order valence-corrected chi connectivity index (χ4v) is 2.04. The lowest BCUT2D eigenvalue weighted by molar-refractivity contribution is -0.120. The molecule has 4 nitrogen and oxygen atoms in total. The lowest BCUT2D eigenvalue weighted by Gasteiger charge is -2.17. The van der Waals surface area contributed by atoms with E-state index >= 15 is 0 Å². The molecule has 0 aliphatic carbocycles. The second kappa shape index (κ2) is 8.59. The Morgan fingerprint density at radius 1 is 1.35 bits per heavy atom. The van der Waals surface area contributed by atoms with Crippen LogP contribution in [0.2, 0.25) is 0 Å². The molecule has 3 N–H and O–H groups in total. The summed E-state index contributed by atoms with van der Waals surface area (Å²) in [5, 5.41) is 3.14. The van der Waals surface area contributed by atoms with Gasteiger partial charge in [-0.1, -0.05) is 39.0 Å². The van der Waals surface area contributed by atoms with E-state index in [0.29, 0.717) is 18.9 Å². The summed E-state index contributed by atoms with van der Waals surface area (Å²) in [6.07, 6.45) is 1.56. The number of nitrogens with two attached hydrogens (primary N) is 1. The number of hydrogen-bond donors (Lipinski definition) is 2. The Morgan fingerprint density at radius 3 is 2.65 bits per heavy atom. The van der Waals surface area contributed by atoms with Crippen LogP contribution in [0, 0.1) is 0 Å². The SMILES string of the molecule is CCCNC(CCOc1ccccc1C(C)C)C(N)=O. The summed E-state index contributed by atoms with van der Waals surface area (Å²) >= 11 is 0. The summed E-state index contributed by atoms with van der Waals surface area (Å²) in [5.74, 6) is 0.983. The van der Waals surface area contributed by atoms with Gasteiger partial charge in [0.05, 0.1) is 12.6 Å². The molecule has 1 atom stereocenters. The number of hydrogen-bond acceptors (Lipinski definition) is 3. The van der Waals surface area contributed by atoms with Crippen molar-refractivity contribution < 1.29 is 9.53 Å². The van der Waals surface area contributed by atoms with Crippen molar-refractivity contribution in [1.29, 1.82) is 0 Å². The van der Waals surface area contributed by atoms with E-state index in [-0.39, 0.29) is 11.9 Å². The van der Waals surface area contributed by atoms with Crippen LogP contribution in [0.4, 0.5) is 0 Å². The number of carbonyl (C=O) groups excluding carboxylic acids is 1. The molecule has 20 heavy (non-hydrogen) atoms. The fraction of sp³-hybridized carbons (Fsp3) is 0.562. The molecule has 0 aromatic heterocycles. The Hall–Kier alpha value is -1.55. The van der Waals surface area contributed by atoms with Gasteiger partial charge in [-0.05, 0) is 30.5 Å². The van der Waals surface area contributed by atoms with Crippen molar-refractivity contribution in [2.45, 2.75) is 45.6 Å². The molecule has 0 fully saturated rings. The first kappa shape index (κ1) is 16.5. The predicted octanol–water partition coefficient (Wildman–Crippen LogP) is 2.43. The van der Waals surface area contributed by atoms with Crippen LogP contribution in [0.5, 0.6) is 5.75 Å². The topological polar surface area (TPSA) is 64.3 Å². The molecule has 1 aromatic carbocycles. The highest BCUT2D eigenvalue weighted by atomic mass is 16.5. The van der Waals surface area contributed by atoms with Crippen molar-refractivity contribution in [2.24, 2.45) is 5.73 Å². The van der Waals surface area contributed by atoms with Gasteiger partial charge < -0.3 is 15.8 Å². The number of para-hydroxylation sites is 1. The number of nitrogens with one attached hydrogen (secondary N) is 1. The Balaban J connectivity index is 2.52. The molecule has 0 radical (unpaired) electrons. The maximum Gasteiger partial charge on any atom is 0.234 e. The van der Waals surface area contributed by atoms with Gasteiger partial charge >= 0.3 is 0 Å². The third-order valence-electron chi connectivity index (χ3n) is 3.19. The van der Waals surface area contributed by atoms with Crippen LogP contribution in [0.1, 0.15) is 45.1 Å². The highest BCUT2D eigenvalue weighted by molar-refractivity contribution is 5.79. The van der Waals surface area contributed by atoms with E-state index in [1.54, 1.807) is 0 Å². The van der Waals surface area contributed by atoms with Gasteiger partial charge in [-0.25, -0.2) is 0 Å². The van der Waals surface area contributed by atoms with E-state index in [1.165, 1.54) is 5.56 Å². The third-order valence-corrected chi connectivity index (χ3v) is 3.19. The summed E-state index contributed by atoms with van der Waals surface area (Å²) < 4.78 is 5.81. The zero-order chi connectivity index (χ0) is 15.0. The monoisotopic (exact) mass is 278 g/mol. The molecule has 0 bridgehead atoms. The van der Waals surface area contributed by atoms with Crippen LogP contribution in [-0.2, 0) is 4.79 Å². The number of rotatable bonds is 9. The maximum absolute atomic E-state index is 11.3. The number of primary amides is 1. The lowest BCUT2D eigenvalue weighted by atomic mass is 10.0. The van der Waals surface area contributed by atoms with Gasteiger partial charge in [-0.3, -0.25) is 4.79 Å². The molecular formula is C16H26N2O2. The van der Waals surface area contributed by atoms with Crippen molar-refractivity contribution in [1.82, 2.24) is 5.32 Å². The first-order chi connectivity index (χ1) is 9.56. The summed E-state index contributed by atoms with van der Waals surface area (Å²) in [6.45, 7) is 7.60. The standard InChI is InChI=1S/C16H26N2O2/c1-4-10-18-14(16(17)19)9-11-20-15-8-6-5-7-13(15)12(2)3/h5-8,12,14,18H,4,9-11H2,1-3H3,(H2,17,19). The van der Waals surface area contributed by atoms with Gasteiger partial charge in [0.1, 0.15) is 5.75 Å². The number of carbonyl (C=O) groups is 1. The van der Waals surface area contributed by atoms with Crippen molar-refractivity contribution in [2.75, 3.05) is 13.2 Å². The molecule has 0 aliphatic heterocycles. The normalized spacial score (nSPS) is 12.4. The van der Waals surface area contributed by atoms with E-state index in [0.717, 1.165) is 18.7 Å². The fourth-order valence-electron chi connectivity index (χ4n) is 2.04. The average molecular weight is 278 g/mol. The van der Waals surface area contributed by atoms with Crippen LogP contribution < -0.4 is 15.8 Å². The third kappa shape index (κ3) is 5.21. The van der Waals surface area contributed by atoms with E-state index in [2.05, 4.69) is 32.2 Å². The van der Waals surface area contributed by atoms with Gasteiger partial charge in [0, 0.05) is 6.42 Å².